The molecule has 1 aliphatic rings. The molecule has 0 fully saturated rings. The first kappa shape index (κ1) is 18.6. The summed E-state index contributed by atoms with van der Waals surface area (Å²) in [5.74, 6) is -1.07. The van der Waals surface area contributed by atoms with Crippen molar-refractivity contribution >= 4 is 28.2 Å². The number of anilines is 1. The average Bonchev–Trinajstić information content (AvgIpc) is 3.09. The van der Waals surface area contributed by atoms with Gasteiger partial charge < -0.3 is 20.9 Å². The van der Waals surface area contributed by atoms with Crippen LogP contribution >= 0.6 is 11.3 Å². The highest BCUT2D eigenvalue weighted by atomic mass is 32.1. The quantitative estimate of drug-likeness (QED) is 0.750. The Balaban J connectivity index is 2.05. The molecule has 0 atom stereocenters. The Kier molecular flexibility index (Phi) is 4.41. The molecule has 26 heavy (non-hydrogen) atoms. The van der Waals surface area contributed by atoms with Crippen LogP contribution in [0.1, 0.15) is 59.0 Å². The summed E-state index contributed by atoms with van der Waals surface area (Å²) in [6, 6.07) is 1.49. The lowest BCUT2D eigenvalue weighted by Gasteiger charge is -2.41. The van der Waals surface area contributed by atoms with Gasteiger partial charge in [0.25, 0.3) is 11.8 Å². The number of aliphatic hydroxyl groups is 1. The summed E-state index contributed by atoms with van der Waals surface area (Å²) in [7, 11) is 0. The lowest BCUT2D eigenvalue weighted by atomic mass is 9.86. The molecule has 2 amide bonds. The van der Waals surface area contributed by atoms with Crippen LogP contribution in [0.5, 0.6) is 0 Å². The van der Waals surface area contributed by atoms with Crippen molar-refractivity contribution in [2.75, 3.05) is 5.32 Å². The van der Waals surface area contributed by atoms with Crippen molar-refractivity contribution in [1.82, 2.24) is 9.78 Å². The molecule has 2 aromatic heterocycles. The molecule has 1 aliphatic heterocycles. The van der Waals surface area contributed by atoms with Gasteiger partial charge in [-0.1, -0.05) is 0 Å². The molecular weight excluding hydrogens is 356 g/mol. The summed E-state index contributed by atoms with van der Waals surface area (Å²) in [5.41, 5.74) is 5.88. The number of hydrogen-bond acceptors (Lipinski definition) is 6. The Morgan fingerprint density at radius 1 is 1.42 bits per heavy atom. The number of aliphatic hydroxyl groups excluding tert-OH is 1. The smallest absolute Gasteiger partial charge is 0.274 e. The van der Waals surface area contributed by atoms with E-state index in [1.54, 1.807) is 0 Å². The Labute approximate surface area is 155 Å². The van der Waals surface area contributed by atoms with E-state index in [4.69, 9.17) is 10.5 Å². The molecule has 0 saturated heterocycles. The highest BCUT2D eigenvalue weighted by Crippen LogP contribution is 2.48. The zero-order valence-corrected chi connectivity index (χ0v) is 15.9. The fraction of sp³-hybridized carbons (Fsp3) is 0.471. The van der Waals surface area contributed by atoms with Gasteiger partial charge in [-0.05, 0) is 39.3 Å². The molecule has 3 heterocycles. The summed E-state index contributed by atoms with van der Waals surface area (Å²) in [6.07, 6.45) is 1.93. The van der Waals surface area contributed by atoms with Gasteiger partial charge in [-0.15, -0.1) is 11.3 Å². The minimum absolute atomic E-state index is 0.185. The van der Waals surface area contributed by atoms with Gasteiger partial charge in [0.1, 0.15) is 17.4 Å². The number of carbonyl (C=O) groups excluding carboxylic acids is 2. The molecule has 8 nitrogen and oxygen atoms in total. The first-order valence-corrected chi connectivity index (χ1v) is 8.97. The van der Waals surface area contributed by atoms with E-state index in [9.17, 15) is 14.7 Å². The van der Waals surface area contributed by atoms with E-state index in [1.807, 2.05) is 27.7 Å². The second-order valence-electron chi connectivity index (χ2n) is 7.34. The number of amides is 2. The largest absolute Gasteiger partial charge is 0.374 e. The Morgan fingerprint density at radius 3 is 2.73 bits per heavy atom. The van der Waals surface area contributed by atoms with Gasteiger partial charge in [-0.3, -0.25) is 9.59 Å². The Hall–Kier alpha value is -2.23. The van der Waals surface area contributed by atoms with Gasteiger partial charge in [0.15, 0.2) is 0 Å². The predicted molar refractivity (Wildman–Crippen MR) is 97.1 cm³/mol. The van der Waals surface area contributed by atoms with Gasteiger partial charge >= 0.3 is 0 Å². The maximum atomic E-state index is 12.6. The molecule has 2 aromatic rings. The maximum Gasteiger partial charge on any atom is 0.274 e. The summed E-state index contributed by atoms with van der Waals surface area (Å²) >= 11 is 1.29. The van der Waals surface area contributed by atoms with Crippen LogP contribution in [-0.4, -0.2) is 32.3 Å². The van der Waals surface area contributed by atoms with Crippen molar-refractivity contribution in [3.8, 4) is 0 Å². The molecule has 140 valence electrons. The highest BCUT2D eigenvalue weighted by Gasteiger charge is 2.43. The van der Waals surface area contributed by atoms with Crippen LogP contribution < -0.4 is 11.1 Å². The van der Waals surface area contributed by atoms with Gasteiger partial charge in [0, 0.05) is 17.5 Å². The number of carbonyl (C=O) groups is 2. The number of primary amides is 1. The summed E-state index contributed by atoms with van der Waals surface area (Å²) in [6.45, 7) is 7.35. The maximum absolute atomic E-state index is 12.6. The van der Waals surface area contributed by atoms with E-state index >= 15 is 0 Å². The van der Waals surface area contributed by atoms with Crippen molar-refractivity contribution in [2.45, 2.75) is 52.0 Å². The summed E-state index contributed by atoms with van der Waals surface area (Å²) in [4.78, 5) is 25.6. The van der Waals surface area contributed by atoms with Crippen LogP contribution in [-0.2, 0) is 23.5 Å². The third-order valence-electron chi connectivity index (χ3n) is 4.24. The van der Waals surface area contributed by atoms with Gasteiger partial charge in [-0.25, -0.2) is 4.68 Å². The molecule has 0 radical (unpaired) electrons. The summed E-state index contributed by atoms with van der Waals surface area (Å²) in [5, 5.41) is 16.2. The number of rotatable bonds is 4. The van der Waals surface area contributed by atoms with E-state index in [0.717, 1.165) is 15.1 Å². The zero-order valence-electron chi connectivity index (χ0n) is 15.1. The molecule has 0 spiro atoms. The number of nitrogens with one attached hydrogen (secondary N) is 1. The molecule has 0 aromatic carbocycles. The second kappa shape index (κ2) is 6.19. The first-order chi connectivity index (χ1) is 12.1. The standard InChI is InChI=1S/C17H22N4O4S/c1-16(2)7-9-11(13(18)23)15(26-12(9)17(3,4)25-16)20-14(24)10-5-6-19-21(10)8-22/h5-6,22H,7-8H2,1-4H3,(H2,18,23)(H,20,24). The number of hydrogen-bond donors (Lipinski definition) is 3. The van der Waals surface area contributed by atoms with Crippen LogP contribution in [0.3, 0.4) is 0 Å². The van der Waals surface area contributed by atoms with Gasteiger partial charge in [0.2, 0.25) is 0 Å². The topological polar surface area (TPSA) is 119 Å². The van der Waals surface area contributed by atoms with Crippen molar-refractivity contribution < 1.29 is 19.4 Å². The van der Waals surface area contributed by atoms with E-state index in [0.29, 0.717) is 17.0 Å². The Bertz CT molecular complexity index is 881. The summed E-state index contributed by atoms with van der Waals surface area (Å²) < 4.78 is 7.30. The highest BCUT2D eigenvalue weighted by molar-refractivity contribution is 7.17. The average molecular weight is 378 g/mol. The number of nitrogens with zero attached hydrogens (tertiary/aromatic N) is 2. The van der Waals surface area contributed by atoms with Crippen molar-refractivity contribution in [1.29, 1.82) is 0 Å². The molecule has 0 aliphatic carbocycles. The van der Waals surface area contributed by atoms with Crippen LogP contribution in [0.4, 0.5) is 5.00 Å². The van der Waals surface area contributed by atoms with E-state index in [-0.39, 0.29) is 5.69 Å². The predicted octanol–water partition coefficient (Wildman–Crippen LogP) is 1.83. The minimum atomic E-state index is -0.609. The number of fused-ring (bicyclic) bond motifs is 1. The Morgan fingerprint density at radius 2 is 2.12 bits per heavy atom. The molecule has 0 unspecified atom stereocenters. The molecule has 9 heteroatoms. The van der Waals surface area contributed by atoms with Crippen molar-refractivity contribution in [3.63, 3.8) is 0 Å². The zero-order chi connectivity index (χ0) is 19.3. The van der Waals surface area contributed by atoms with Crippen LogP contribution in [0.2, 0.25) is 0 Å². The van der Waals surface area contributed by atoms with Crippen molar-refractivity contribution in [3.05, 3.63) is 34.0 Å². The monoisotopic (exact) mass is 378 g/mol. The molecule has 3 rings (SSSR count). The number of thiophene rings is 1. The lowest BCUT2D eigenvalue weighted by Crippen LogP contribution is -2.42. The molecular formula is C17H22N4O4S. The van der Waals surface area contributed by atoms with E-state index in [2.05, 4.69) is 10.4 Å². The molecule has 4 N–H and O–H groups in total. The van der Waals surface area contributed by atoms with Gasteiger partial charge in [0.05, 0.1) is 16.8 Å². The molecule has 0 saturated carbocycles. The molecule has 0 bridgehead atoms. The third-order valence-corrected chi connectivity index (χ3v) is 5.70. The van der Waals surface area contributed by atoms with E-state index < -0.39 is 29.7 Å². The lowest BCUT2D eigenvalue weighted by molar-refractivity contribution is -0.135. The number of aromatic nitrogens is 2. The van der Waals surface area contributed by atoms with Crippen LogP contribution in [0.15, 0.2) is 12.3 Å². The fourth-order valence-corrected chi connectivity index (χ4v) is 4.73. The first-order valence-electron chi connectivity index (χ1n) is 8.16. The van der Waals surface area contributed by atoms with Crippen LogP contribution in [0, 0.1) is 0 Å². The number of nitrogens with two attached hydrogens (primary N) is 1. The van der Waals surface area contributed by atoms with Crippen molar-refractivity contribution in [2.24, 2.45) is 5.73 Å². The minimum Gasteiger partial charge on any atom is -0.374 e. The van der Waals surface area contributed by atoms with Crippen LogP contribution in [0.25, 0.3) is 0 Å². The fourth-order valence-electron chi connectivity index (χ4n) is 3.47. The van der Waals surface area contributed by atoms with Gasteiger partial charge in [-0.2, -0.15) is 5.10 Å². The number of ether oxygens (including phenoxy) is 1. The second-order valence-corrected chi connectivity index (χ2v) is 8.36. The third kappa shape index (κ3) is 3.13. The van der Waals surface area contributed by atoms with E-state index in [1.165, 1.54) is 23.6 Å². The SMILES string of the molecule is CC1(C)Cc2c(sc(NC(=O)c3ccnn3CO)c2C(N)=O)C(C)(C)O1. The normalized spacial score (nSPS) is 17.6.